The summed E-state index contributed by atoms with van der Waals surface area (Å²) in [7, 11) is 0. The van der Waals surface area contributed by atoms with E-state index in [-0.39, 0.29) is 12.1 Å². The lowest BCUT2D eigenvalue weighted by atomic mass is 9.75. The predicted octanol–water partition coefficient (Wildman–Crippen LogP) is 8.15. The van der Waals surface area contributed by atoms with Crippen LogP contribution in [-0.2, 0) is 5.21 Å². The summed E-state index contributed by atoms with van der Waals surface area (Å²) in [5, 5.41) is 18.6. The van der Waals surface area contributed by atoms with Gasteiger partial charge in [-0.2, -0.15) is 0 Å². The van der Waals surface area contributed by atoms with Gasteiger partial charge in [0.2, 0.25) is 0 Å². The molecule has 0 saturated carbocycles. The normalized spacial score (nSPS) is 18.0. The maximum Gasteiger partial charge on any atom is 0.0907 e. The second-order valence-electron chi connectivity index (χ2n) is 10.5. The molecule has 5 rings (SSSR count). The molecule has 0 fully saturated rings. The van der Waals surface area contributed by atoms with E-state index in [0.717, 1.165) is 11.1 Å². The van der Waals surface area contributed by atoms with Crippen molar-refractivity contribution < 1.29 is 5.21 Å². The molecule has 4 aromatic rings. The molecule has 173 valence electrons. The van der Waals surface area contributed by atoms with Gasteiger partial charge < -0.3 is 0 Å². The lowest BCUT2D eigenvalue weighted by Gasteiger charge is -2.41. The maximum atomic E-state index is 14.7. The Labute approximate surface area is 203 Å². The number of hydrogen-bond donors (Lipinski definition) is 0. The van der Waals surface area contributed by atoms with Crippen LogP contribution in [-0.4, -0.2) is 5.06 Å². The lowest BCUT2D eigenvalue weighted by Crippen LogP contribution is -2.36. The molecule has 2 nitrogen and oxygen atoms in total. The van der Waals surface area contributed by atoms with Crippen molar-refractivity contribution in [2.45, 2.75) is 67.5 Å². The first-order chi connectivity index (χ1) is 16.1. The van der Waals surface area contributed by atoms with E-state index in [0.29, 0.717) is 0 Å². The third kappa shape index (κ3) is 3.32. The van der Waals surface area contributed by atoms with Crippen LogP contribution in [0.25, 0.3) is 10.8 Å². The van der Waals surface area contributed by atoms with Gasteiger partial charge in [0.1, 0.15) is 0 Å². The molecule has 1 radical (unpaired) electrons. The molecular weight excluding hydrogens is 414 g/mol. The topological polar surface area (TPSA) is 23.1 Å². The third-order valence-corrected chi connectivity index (χ3v) is 7.78. The van der Waals surface area contributed by atoms with Crippen LogP contribution in [0.1, 0.15) is 78.8 Å². The Morgan fingerprint density at radius 1 is 0.500 bits per heavy atom. The molecule has 0 bridgehead atoms. The second kappa shape index (κ2) is 8.08. The SMILES string of the molecule is Cc1cc(C)c([C@H]2c3c(C)ccc4ccc(C)c(c34)[C@H](c3c(C)cc(C)cc3C)N2[O])c(C)c1. The van der Waals surface area contributed by atoms with Gasteiger partial charge in [0.25, 0.3) is 0 Å². The first-order valence-electron chi connectivity index (χ1n) is 12.2. The molecule has 1 aliphatic heterocycles. The van der Waals surface area contributed by atoms with Crippen molar-refractivity contribution >= 4 is 10.8 Å². The van der Waals surface area contributed by atoms with Crippen molar-refractivity contribution in [1.29, 1.82) is 0 Å². The van der Waals surface area contributed by atoms with Crippen LogP contribution >= 0.6 is 0 Å². The molecule has 2 heteroatoms. The number of nitrogens with zero attached hydrogens (tertiary/aromatic N) is 1. The van der Waals surface area contributed by atoms with E-state index in [1.165, 1.54) is 71.5 Å². The average molecular weight is 449 g/mol. The summed E-state index contributed by atoms with van der Waals surface area (Å²) >= 11 is 0. The van der Waals surface area contributed by atoms with Crippen molar-refractivity contribution in [3.63, 3.8) is 0 Å². The fourth-order valence-corrected chi connectivity index (χ4v) is 6.58. The van der Waals surface area contributed by atoms with Crippen LogP contribution in [0.4, 0.5) is 0 Å². The molecular formula is C32H34NO. The van der Waals surface area contributed by atoms with E-state index in [4.69, 9.17) is 0 Å². The van der Waals surface area contributed by atoms with Crippen molar-refractivity contribution in [1.82, 2.24) is 5.06 Å². The highest BCUT2D eigenvalue weighted by atomic mass is 16.5. The Morgan fingerprint density at radius 2 is 0.853 bits per heavy atom. The molecule has 34 heavy (non-hydrogen) atoms. The number of hydroxylamine groups is 2. The molecule has 4 aromatic carbocycles. The van der Waals surface area contributed by atoms with Crippen LogP contribution in [0.5, 0.6) is 0 Å². The van der Waals surface area contributed by atoms with Crippen molar-refractivity contribution in [3.8, 4) is 0 Å². The molecule has 0 unspecified atom stereocenters. The lowest BCUT2D eigenvalue weighted by molar-refractivity contribution is -0.204. The van der Waals surface area contributed by atoms with Crippen LogP contribution in [0.15, 0.2) is 48.5 Å². The second-order valence-corrected chi connectivity index (χ2v) is 10.5. The Hall–Kier alpha value is -2.94. The van der Waals surface area contributed by atoms with Crippen LogP contribution in [0.3, 0.4) is 0 Å². The first kappa shape index (κ1) is 22.8. The van der Waals surface area contributed by atoms with E-state index in [9.17, 15) is 5.21 Å². The molecule has 1 aliphatic rings. The molecule has 0 aromatic heterocycles. The molecule has 2 atom stereocenters. The third-order valence-electron chi connectivity index (χ3n) is 7.78. The van der Waals surface area contributed by atoms with Crippen LogP contribution < -0.4 is 0 Å². The molecule has 1 heterocycles. The van der Waals surface area contributed by atoms with Crippen LogP contribution in [0, 0.1) is 55.4 Å². The van der Waals surface area contributed by atoms with E-state index >= 15 is 0 Å². The quantitative estimate of drug-likeness (QED) is 0.303. The summed E-state index contributed by atoms with van der Waals surface area (Å²) < 4.78 is 0. The van der Waals surface area contributed by atoms with Gasteiger partial charge in [-0.1, -0.05) is 59.7 Å². The van der Waals surface area contributed by atoms with Gasteiger partial charge in [0.05, 0.1) is 12.1 Å². The zero-order valence-corrected chi connectivity index (χ0v) is 21.6. The Kier molecular flexibility index (Phi) is 5.42. The summed E-state index contributed by atoms with van der Waals surface area (Å²) in [5.74, 6) is 0. The first-order valence-corrected chi connectivity index (χ1v) is 12.2. The fraction of sp³-hybridized carbons (Fsp3) is 0.312. The molecule has 0 saturated heterocycles. The van der Waals surface area contributed by atoms with Gasteiger partial charge in [-0.05, 0) is 122 Å². The Morgan fingerprint density at radius 3 is 1.21 bits per heavy atom. The Balaban J connectivity index is 1.95. The zero-order valence-electron chi connectivity index (χ0n) is 21.6. The summed E-state index contributed by atoms with van der Waals surface area (Å²) in [4.78, 5) is 0. The van der Waals surface area contributed by atoms with Gasteiger partial charge in [-0.25, -0.2) is 0 Å². The minimum absolute atomic E-state index is 0.344. The summed E-state index contributed by atoms with van der Waals surface area (Å²) in [6, 6.07) is 17.0. The van der Waals surface area contributed by atoms with Gasteiger partial charge in [-0.3, -0.25) is 0 Å². The largest absolute Gasteiger partial charge is 0.131 e. The van der Waals surface area contributed by atoms with E-state index < -0.39 is 0 Å². The van der Waals surface area contributed by atoms with Crippen molar-refractivity contribution in [2.24, 2.45) is 0 Å². The summed E-state index contributed by atoms with van der Waals surface area (Å²) in [6.07, 6.45) is 0. The summed E-state index contributed by atoms with van der Waals surface area (Å²) in [5.41, 5.74) is 14.2. The zero-order chi connectivity index (χ0) is 24.5. The van der Waals surface area contributed by atoms with Gasteiger partial charge in [0.15, 0.2) is 0 Å². The fourth-order valence-electron chi connectivity index (χ4n) is 6.58. The smallest absolute Gasteiger partial charge is 0.0907 e. The van der Waals surface area contributed by atoms with E-state index in [1.54, 1.807) is 0 Å². The minimum Gasteiger partial charge on any atom is -0.131 e. The molecule has 0 amide bonds. The van der Waals surface area contributed by atoms with Gasteiger partial charge in [-0.15, -0.1) is 10.3 Å². The molecule has 0 spiro atoms. The highest BCUT2D eigenvalue weighted by molar-refractivity contribution is 5.93. The number of aryl methyl sites for hydroxylation is 8. The monoisotopic (exact) mass is 448 g/mol. The van der Waals surface area contributed by atoms with Gasteiger partial charge in [0, 0.05) is 0 Å². The average Bonchev–Trinajstić information content (AvgIpc) is 2.73. The Bertz CT molecular complexity index is 1310. The highest BCUT2D eigenvalue weighted by Gasteiger charge is 2.42. The molecule has 0 N–H and O–H groups in total. The van der Waals surface area contributed by atoms with Gasteiger partial charge >= 0.3 is 0 Å². The van der Waals surface area contributed by atoms with Crippen molar-refractivity contribution in [2.75, 3.05) is 0 Å². The summed E-state index contributed by atoms with van der Waals surface area (Å²) in [6.45, 7) is 17.2. The van der Waals surface area contributed by atoms with E-state index in [1.807, 2.05) is 0 Å². The van der Waals surface area contributed by atoms with E-state index in [2.05, 4.69) is 104 Å². The number of benzene rings is 4. The highest BCUT2D eigenvalue weighted by Crippen LogP contribution is 2.51. The number of rotatable bonds is 2. The van der Waals surface area contributed by atoms with Crippen LogP contribution in [0.2, 0.25) is 0 Å². The maximum absolute atomic E-state index is 14.7. The molecule has 0 aliphatic carbocycles. The standard InChI is InChI=1S/C32H34NO/c1-17-13-21(5)26(22(6)14-17)31-28-19(3)9-11-25-12-10-20(4)29(30(25)28)32(33(31)34)27-23(7)15-18(2)16-24(27)8/h9-16,31-32H,1-8H3/t31-,32-/m0/s1. The van der Waals surface area contributed by atoms with Crippen molar-refractivity contribution in [3.05, 3.63) is 115 Å². The minimum atomic E-state index is -0.344. The number of hydrogen-bond acceptors (Lipinski definition) is 1. The predicted molar refractivity (Wildman–Crippen MR) is 141 cm³/mol.